The highest BCUT2D eigenvalue weighted by Gasteiger charge is 2.30. The number of hydrogen-bond donors (Lipinski definition) is 1. The maximum atomic E-state index is 12.4. The van der Waals surface area contributed by atoms with Gasteiger partial charge in [0.15, 0.2) is 5.69 Å². The molecule has 0 saturated heterocycles. The first kappa shape index (κ1) is 27.2. The third-order valence-corrected chi connectivity index (χ3v) is 5.79. The fourth-order valence-electron chi connectivity index (χ4n) is 3.93. The minimum absolute atomic E-state index is 0.00203. The molecule has 0 amide bonds. The zero-order valence-electron chi connectivity index (χ0n) is 20.6. The lowest BCUT2D eigenvalue weighted by Gasteiger charge is -2.28. The summed E-state index contributed by atoms with van der Waals surface area (Å²) >= 11 is 0. The Morgan fingerprint density at radius 3 is 2.15 bits per heavy atom. The Hall–Kier alpha value is -5.86. The second kappa shape index (κ2) is 12.1. The van der Waals surface area contributed by atoms with Crippen LogP contribution >= 0.6 is 0 Å². The summed E-state index contributed by atoms with van der Waals surface area (Å²) in [6.07, 6.45) is 2.59. The molecule has 1 atom stereocenters. The van der Waals surface area contributed by atoms with Crippen molar-refractivity contribution in [2.45, 2.75) is 6.04 Å². The van der Waals surface area contributed by atoms with E-state index in [-0.39, 0.29) is 47.4 Å². The molecule has 15 nitrogen and oxygen atoms in total. The van der Waals surface area contributed by atoms with Crippen molar-refractivity contribution in [1.29, 1.82) is 0 Å². The summed E-state index contributed by atoms with van der Waals surface area (Å²) in [5, 5.41) is 37.3. The van der Waals surface area contributed by atoms with E-state index in [0.29, 0.717) is 17.7 Å². The predicted molar refractivity (Wildman–Crippen MR) is 143 cm³/mol. The fourth-order valence-corrected chi connectivity index (χ4v) is 3.93. The lowest BCUT2D eigenvalue weighted by Crippen LogP contribution is -2.36. The highest BCUT2D eigenvalue weighted by atomic mass is 16.6. The van der Waals surface area contributed by atoms with Crippen molar-refractivity contribution >= 4 is 35.1 Å². The van der Waals surface area contributed by atoms with Crippen molar-refractivity contribution in [1.82, 2.24) is 15.0 Å². The van der Waals surface area contributed by atoms with E-state index in [1.54, 1.807) is 36.4 Å². The van der Waals surface area contributed by atoms with Crippen LogP contribution in [-0.2, 0) is 4.79 Å². The number of aldehydes is 1. The molecule has 0 spiro atoms. The summed E-state index contributed by atoms with van der Waals surface area (Å²) in [5.74, 6) is 0.214. The molecule has 0 aliphatic heterocycles. The lowest BCUT2D eigenvalue weighted by molar-refractivity contribution is -0.385. The molecule has 1 N–H and O–H groups in total. The molecule has 0 fully saturated rings. The maximum Gasteiger partial charge on any atom is 0.313 e. The van der Waals surface area contributed by atoms with E-state index in [2.05, 4.69) is 20.3 Å². The molecule has 0 aliphatic carbocycles. The van der Waals surface area contributed by atoms with E-state index in [4.69, 9.17) is 0 Å². The molecule has 0 saturated carbocycles. The van der Waals surface area contributed by atoms with Crippen molar-refractivity contribution in [2.24, 2.45) is 0 Å². The predicted octanol–water partition coefficient (Wildman–Crippen LogP) is 4.12. The van der Waals surface area contributed by atoms with Gasteiger partial charge in [-0.1, -0.05) is 42.5 Å². The summed E-state index contributed by atoms with van der Waals surface area (Å²) in [7, 11) is 0. The van der Waals surface area contributed by atoms with Gasteiger partial charge in [0.2, 0.25) is 5.95 Å². The molecular weight excluding hydrogens is 524 g/mol. The Labute approximate surface area is 225 Å². The number of carbonyl (C=O) groups excluding carboxylic acids is 1. The van der Waals surface area contributed by atoms with Crippen molar-refractivity contribution in [3.05, 3.63) is 115 Å². The molecule has 40 heavy (non-hydrogen) atoms. The Balaban J connectivity index is 1.75. The van der Waals surface area contributed by atoms with Crippen LogP contribution in [0.25, 0.3) is 11.3 Å². The number of nitro groups is 3. The molecule has 202 valence electrons. The van der Waals surface area contributed by atoms with Gasteiger partial charge in [0.05, 0.1) is 20.3 Å². The number of carbonyl (C=O) groups is 1. The lowest BCUT2D eigenvalue weighted by atomic mass is 10.0. The molecule has 0 bridgehead atoms. The van der Waals surface area contributed by atoms with Gasteiger partial charge in [-0.2, -0.15) is 0 Å². The van der Waals surface area contributed by atoms with Crippen LogP contribution in [0.15, 0.2) is 79.1 Å². The monoisotopic (exact) mass is 544 g/mol. The quantitative estimate of drug-likeness (QED) is 0.152. The smallest absolute Gasteiger partial charge is 0.313 e. The van der Waals surface area contributed by atoms with Crippen LogP contribution < -0.4 is 10.2 Å². The average Bonchev–Trinajstić information content (AvgIpc) is 2.97. The van der Waals surface area contributed by atoms with E-state index in [9.17, 15) is 35.1 Å². The highest BCUT2D eigenvalue weighted by Crippen LogP contribution is 2.33. The SMILES string of the molecule is O=CC(c1ccccc1[N+](=O)[O-])N(CCNc1ccc([N+](=O)[O-])cn1)c1ncc([N+](=O)[O-])c(-c2ccccc2)n1. The minimum atomic E-state index is -1.24. The first-order valence-electron chi connectivity index (χ1n) is 11.7. The van der Waals surface area contributed by atoms with Crippen molar-refractivity contribution in [3.63, 3.8) is 0 Å². The number of para-hydroxylation sites is 1. The van der Waals surface area contributed by atoms with Crippen LogP contribution in [0.5, 0.6) is 0 Å². The van der Waals surface area contributed by atoms with Crippen LogP contribution in [0.3, 0.4) is 0 Å². The molecule has 4 aromatic rings. The number of anilines is 2. The van der Waals surface area contributed by atoms with E-state index < -0.39 is 20.8 Å². The number of nitrogens with zero attached hydrogens (tertiary/aromatic N) is 7. The molecule has 1 unspecified atom stereocenters. The average molecular weight is 544 g/mol. The van der Waals surface area contributed by atoms with E-state index >= 15 is 0 Å². The van der Waals surface area contributed by atoms with Crippen molar-refractivity contribution < 1.29 is 19.6 Å². The van der Waals surface area contributed by atoms with E-state index in [1.165, 1.54) is 35.2 Å². The summed E-state index contributed by atoms with van der Waals surface area (Å²) < 4.78 is 0. The van der Waals surface area contributed by atoms with Crippen LogP contribution in [-0.4, -0.2) is 49.1 Å². The summed E-state index contributed by atoms with van der Waals surface area (Å²) in [4.78, 5) is 58.9. The molecule has 0 aliphatic rings. The van der Waals surface area contributed by atoms with Gasteiger partial charge in [-0.3, -0.25) is 30.3 Å². The van der Waals surface area contributed by atoms with E-state index in [0.717, 1.165) is 12.4 Å². The van der Waals surface area contributed by atoms with Gasteiger partial charge < -0.3 is 15.0 Å². The molecule has 2 heterocycles. The first-order valence-corrected chi connectivity index (χ1v) is 11.7. The fraction of sp³-hybridized carbons (Fsp3) is 0.120. The van der Waals surface area contributed by atoms with Gasteiger partial charge in [0.1, 0.15) is 30.5 Å². The molecule has 0 radical (unpaired) electrons. The van der Waals surface area contributed by atoms with Gasteiger partial charge >= 0.3 is 5.69 Å². The second-order valence-corrected chi connectivity index (χ2v) is 8.20. The number of pyridine rings is 1. The van der Waals surface area contributed by atoms with Crippen LogP contribution in [0.2, 0.25) is 0 Å². The van der Waals surface area contributed by atoms with Crippen molar-refractivity contribution in [2.75, 3.05) is 23.3 Å². The number of benzene rings is 2. The van der Waals surface area contributed by atoms with Crippen LogP contribution in [0.4, 0.5) is 28.8 Å². The minimum Gasteiger partial charge on any atom is -0.368 e. The van der Waals surface area contributed by atoms with Gasteiger partial charge in [0.25, 0.3) is 11.4 Å². The number of aromatic nitrogens is 3. The Morgan fingerprint density at radius 2 is 1.52 bits per heavy atom. The number of nitrogens with one attached hydrogen (secondary N) is 1. The Bertz CT molecular complexity index is 1550. The van der Waals surface area contributed by atoms with Crippen LogP contribution in [0.1, 0.15) is 11.6 Å². The van der Waals surface area contributed by atoms with Gasteiger partial charge in [-0.15, -0.1) is 0 Å². The summed E-state index contributed by atoms with van der Waals surface area (Å²) in [5.41, 5.74) is -0.370. The van der Waals surface area contributed by atoms with E-state index in [1.807, 2.05) is 0 Å². The first-order chi connectivity index (χ1) is 19.3. The second-order valence-electron chi connectivity index (χ2n) is 8.20. The van der Waals surface area contributed by atoms with Gasteiger partial charge in [-0.05, 0) is 12.1 Å². The van der Waals surface area contributed by atoms with Crippen molar-refractivity contribution in [3.8, 4) is 11.3 Å². The van der Waals surface area contributed by atoms with Crippen LogP contribution in [0, 0.1) is 30.3 Å². The normalized spacial score (nSPS) is 11.3. The topological polar surface area (TPSA) is 200 Å². The van der Waals surface area contributed by atoms with Gasteiger partial charge in [0, 0.05) is 30.8 Å². The molecule has 15 heteroatoms. The Morgan fingerprint density at radius 1 is 0.825 bits per heavy atom. The third kappa shape index (κ3) is 5.99. The summed E-state index contributed by atoms with van der Waals surface area (Å²) in [6.45, 7) is 0.0803. The largest absolute Gasteiger partial charge is 0.368 e. The molecule has 4 rings (SSSR count). The molecule has 2 aromatic heterocycles. The Kier molecular flexibility index (Phi) is 8.24. The zero-order valence-corrected chi connectivity index (χ0v) is 20.6. The highest BCUT2D eigenvalue weighted by molar-refractivity contribution is 5.73. The molecular formula is C25H20N8O7. The number of hydrogen-bond acceptors (Lipinski definition) is 12. The van der Waals surface area contributed by atoms with Gasteiger partial charge in [-0.25, -0.2) is 15.0 Å². The molecule has 2 aromatic carbocycles. The number of rotatable bonds is 12. The third-order valence-electron chi connectivity index (χ3n) is 5.79. The standard InChI is InChI=1S/C25H20N8O7/c34-16-22(19-8-4-5-9-20(19)32(37)38)30(13-12-26-23-11-10-18(14-27-23)31(35)36)25-28-15-21(33(39)40)24(29-25)17-6-2-1-3-7-17/h1-11,14-16,22H,12-13H2,(H,26,27). The zero-order chi connectivity index (χ0) is 28.6. The maximum absolute atomic E-state index is 12.4. The summed E-state index contributed by atoms with van der Waals surface area (Å²) in [6, 6.07) is 15.5. The number of nitro benzene ring substituents is 1.